The number of rotatable bonds is 5. The van der Waals surface area contributed by atoms with E-state index in [1.807, 2.05) is 12.1 Å². The van der Waals surface area contributed by atoms with Gasteiger partial charge in [-0.1, -0.05) is 6.92 Å². The highest BCUT2D eigenvalue weighted by atomic mass is 16.5. The Balaban J connectivity index is 1.77. The molecule has 152 valence electrons. The van der Waals surface area contributed by atoms with Gasteiger partial charge < -0.3 is 18.8 Å². The Labute approximate surface area is 173 Å². The number of benzene rings is 1. The van der Waals surface area contributed by atoms with Crippen LogP contribution >= 0.6 is 0 Å². The van der Waals surface area contributed by atoms with Gasteiger partial charge in [-0.25, -0.2) is 19.9 Å². The first-order valence-corrected chi connectivity index (χ1v) is 9.74. The molecule has 0 atom stereocenters. The maximum absolute atomic E-state index is 5.69. The molecule has 8 nitrogen and oxygen atoms in total. The van der Waals surface area contributed by atoms with Crippen molar-refractivity contribution in [1.29, 1.82) is 0 Å². The molecule has 0 fully saturated rings. The molecule has 1 aliphatic heterocycles. The van der Waals surface area contributed by atoms with E-state index in [0.29, 0.717) is 36.4 Å². The third kappa shape index (κ3) is 2.88. The lowest BCUT2D eigenvalue weighted by molar-refractivity contribution is 0.133. The minimum Gasteiger partial charge on any atom is -0.493 e. The number of methoxy groups -OCH3 is 2. The molecule has 1 aromatic carbocycles. The Kier molecular flexibility index (Phi) is 4.55. The maximum atomic E-state index is 5.69. The second kappa shape index (κ2) is 7.38. The molecule has 0 unspecified atom stereocenters. The van der Waals surface area contributed by atoms with Gasteiger partial charge in [0.25, 0.3) is 0 Å². The molecule has 0 bridgehead atoms. The van der Waals surface area contributed by atoms with E-state index in [4.69, 9.17) is 19.2 Å². The molecule has 5 rings (SSSR count). The molecule has 1 aliphatic rings. The van der Waals surface area contributed by atoms with Gasteiger partial charge in [-0.3, -0.25) is 0 Å². The van der Waals surface area contributed by atoms with Gasteiger partial charge in [0.2, 0.25) is 0 Å². The lowest BCUT2D eigenvalue weighted by atomic mass is 10.1. The van der Waals surface area contributed by atoms with E-state index in [0.717, 1.165) is 40.0 Å². The van der Waals surface area contributed by atoms with Crippen LogP contribution in [0.15, 0.2) is 36.8 Å². The fraction of sp³-hybridized carbons (Fsp3) is 0.273. The van der Waals surface area contributed by atoms with Gasteiger partial charge in [-0.2, -0.15) is 0 Å². The summed E-state index contributed by atoms with van der Waals surface area (Å²) in [5.41, 5.74) is 2.99. The van der Waals surface area contributed by atoms with Crippen molar-refractivity contribution in [2.24, 2.45) is 0 Å². The Morgan fingerprint density at radius 1 is 1.00 bits per heavy atom. The van der Waals surface area contributed by atoms with Crippen molar-refractivity contribution in [2.45, 2.75) is 26.6 Å². The van der Waals surface area contributed by atoms with Crippen molar-refractivity contribution in [3.63, 3.8) is 0 Å². The first-order valence-electron chi connectivity index (χ1n) is 9.74. The highest BCUT2D eigenvalue weighted by Gasteiger charge is 2.24. The highest BCUT2D eigenvalue weighted by molar-refractivity contribution is 5.89. The van der Waals surface area contributed by atoms with Gasteiger partial charge in [-0.05, 0) is 24.6 Å². The SMILES string of the molecule is CCc1c2cc(OC)c(OC)cc2cn1-c1nc(-c2ncccn2)nc2c1COC2. The summed E-state index contributed by atoms with van der Waals surface area (Å²) in [6.45, 7) is 3.06. The summed E-state index contributed by atoms with van der Waals surface area (Å²) in [5, 5.41) is 2.15. The summed E-state index contributed by atoms with van der Waals surface area (Å²) < 4.78 is 18.8. The molecule has 8 heteroatoms. The zero-order chi connectivity index (χ0) is 20.7. The average Bonchev–Trinajstić information content (AvgIpc) is 3.41. The number of fused-ring (bicyclic) bond motifs is 2. The normalized spacial score (nSPS) is 12.9. The summed E-state index contributed by atoms with van der Waals surface area (Å²) in [6, 6.07) is 5.78. The van der Waals surface area contributed by atoms with Crippen molar-refractivity contribution in [2.75, 3.05) is 14.2 Å². The van der Waals surface area contributed by atoms with Gasteiger partial charge in [0.05, 0.1) is 33.1 Å². The van der Waals surface area contributed by atoms with E-state index in [2.05, 4.69) is 32.6 Å². The van der Waals surface area contributed by atoms with Crippen molar-refractivity contribution < 1.29 is 14.2 Å². The molecule has 0 radical (unpaired) electrons. The van der Waals surface area contributed by atoms with E-state index < -0.39 is 0 Å². The fourth-order valence-corrected chi connectivity index (χ4v) is 3.90. The van der Waals surface area contributed by atoms with Crippen molar-refractivity contribution >= 4 is 10.8 Å². The van der Waals surface area contributed by atoms with Crippen LogP contribution in [0.1, 0.15) is 23.9 Å². The number of aryl methyl sites for hydroxylation is 1. The average molecular weight is 403 g/mol. The van der Waals surface area contributed by atoms with Crippen LogP contribution in [0.5, 0.6) is 11.5 Å². The van der Waals surface area contributed by atoms with E-state index in [9.17, 15) is 0 Å². The molecule has 0 aliphatic carbocycles. The lowest BCUT2D eigenvalue weighted by Crippen LogP contribution is -2.09. The van der Waals surface area contributed by atoms with E-state index in [1.54, 1.807) is 32.7 Å². The standard InChI is InChI=1S/C22H21N5O3/c1-4-17-14-9-19(29-3)18(28-2)8-13(14)10-27(17)22-15-11-30-12-16(15)25-21(26-22)20-23-6-5-7-24-20/h5-10H,4,11-12H2,1-3H3. The Bertz CT molecular complexity index is 1240. The van der Waals surface area contributed by atoms with Crippen LogP contribution < -0.4 is 9.47 Å². The Hall–Kier alpha value is -3.52. The molecule has 0 spiro atoms. The zero-order valence-electron chi connectivity index (χ0n) is 17.0. The maximum Gasteiger partial charge on any atom is 0.200 e. The summed E-state index contributed by atoms with van der Waals surface area (Å²) in [6.07, 6.45) is 6.27. The quantitative estimate of drug-likeness (QED) is 0.504. The summed E-state index contributed by atoms with van der Waals surface area (Å²) in [7, 11) is 3.29. The van der Waals surface area contributed by atoms with Crippen LogP contribution in [0, 0.1) is 0 Å². The number of hydrogen-bond acceptors (Lipinski definition) is 7. The molecule has 0 amide bonds. The van der Waals surface area contributed by atoms with E-state index >= 15 is 0 Å². The highest BCUT2D eigenvalue weighted by Crippen LogP contribution is 2.37. The van der Waals surface area contributed by atoms with Crippen LogP contribution in [0.25, 0.3) is 28.2 Å². The van der Waals surface area contributed by atoms with Gasteiger partial charge in [0.15, 0.2) is 23.1 Å². The first kappa shape index (κ1) is 18.5. The Morgan fingerprint density at radius 2 is 1.77 bits per heavy atom. The summed E-state index contributed by atoms with van der Waals surface area (Å²) in [5.74, 6) is 3.17. The van der Waals surface area contributed by atoms with Crippen molar-refractivity contribution in [3.8, 4) is 29.0 Å². The number of ether oxygens (including phenoxy) is 3. The van der Waals surface area contributed by atoms with Crippen molar-refractivity contribution in [1.82, 2.24) is 24.5 Å². The molecule has 4 heterocycles. The van der Waals surface area contributed by atoms with Crippen molar-refractivity contribution in [3.05, 3.63) is 53.7 Å². The van der Waals surface area contributed by atoms with Gasteiger partial charge in [0, 0.05) is 40.6 Å². The number of hydrogen-bond donors (Lipinski definition) is 0. The lowest BCUT2D eigenvalue weighted by Gasteiger charge is -2.12. The first-order chi connectivity index (χ1) is 14.7. The molecule has 3 aromatic heterocycles. The van der Waals surface area contributed by atoms with Crippen LogP contribution in [0.3, 0.4) is 0 Å². The zero-order valence-corrected chi connectivity index (χ0v) is 17.0. The largest absolute Gasteiger partial charge is 0.493 e. The second-order valence-corrected chi connectivity index (χ2v) is 6.96. The minimum atomic E-state index is 0.453. The minimum absolute atomic E-state index is 0.453. The van der Waals surface area contributed by atoms with Gasteiger partial charge >= 0.3 is 0 Å². The monoisotopic (exact) mass is 403 g/mol. The summed E-state index contributed by atoms with van der Waals surface area (Å²) >= 11 is 0. The Morgan fingerprint density at radius 3 is 2.50 bits per heavy atom. The molecule has 4 aromatic rings. The predicted molar refractivity (Wildman–Crippen MR) is 111 cm³/mol. The molecular weight excluding hydrogens is 382 g/mol. The van der Waals surface area contributed by atoms with E-state index in [1.165, 1.54) is 0 Å². The smallest absolute Gasteiger partial charge is 0.200 e. The van der Waals surface area contributed by atoms with Crippen LogP contribution in [0.4, 0.5) is 0 Å². The second-order valence-electron chi connectivity index (χ2n) is 6.96. The predicted octanol–water partition coefficient (Wildman–Crippen LogP) is 3.49. The van der Waals surface area contributed by atoms with Gasteiger partial charge in [-0.15, -0.1) is 0 Å². The molecule has 0 N–H and O–H groups in total. The molecular formula is C22H21N5O3. The van der Waals surface area contributed by atoms with Crippen LogP contribution in [-0.4, -0.2) is 38.7 Å². The van der Waals surface area contributed by atoms with Crippen LogP contribution in [0.2, 0.25) is 0 Å². The number of aromatic nitrogens is 5. The third-order valence-electron chi connectivity index (χ3n) is 5.31. The van der Waals surface area contributed by atoms with E-state index in [-0.39, 0.29) is 0 Å². The third-order valence-corrected chi connectivity index (χ3v) is 5.31. The molecule has 0 saturated carbocycles. The fourth-order valence-electron chi connectivity index (χ4n) is 3.90. The summed E-state index contributed by atoms with van der Waals surface area (Å²) in [4.78, 5) is 18.2. The van der Waals surface area contributed by atoms with Gasteiger partial charge in [0.1, 0.15) is 5.82 Å². The topological polar surface area (TPSA) is 84.2 Å². The van der Waals surface area contributed by atoms with Crippen LogP contribution in [-0.2, 0) is 24.4 Å². The molecule has 0 saturated heterocycles. The molecule has 30 heavy (non-hydrogen) atoms. The number of nitrogens with zero attached hydrogens (tertiary/aromatic N) is 5.